The van der Waals surface area contributed by atoms with E-state index >= 15 is 0 Å². The summed E-state index contributed by atoms with van der Waals surface area (Å²) in [4.78, 5) is 11.9. The predicted octanol–water partition coefficient (Wildman–Crippen LogP) is 2.80. The van der Waals surface area contributed by atoms with E-state index in [0.29, 0.717) is 16.7 Å². The van der Waals surface area contributed by atoms with Crippen molar-refractivity contribution in [2.24, 2.45) is 0 Å². The van der Waals surface area contributed by atoms with Gasteiger partial charge < -0.3 is 9.73 Å². The Morgan fingerprint density at radius 2 is 2.13 bits per heavy atom. The standard InChI is InChI=1S/C11H16BrNO2/c1-7-5-9(8(2)15-7)10(14)13-11(3,4)6-12/h5H,6H2,1-4H3,(H,13,14). The molecular formula is C11H16BrNO2. The van der Waals surface area contributed by atoms with E-state index in [-0.39, 0.29) is 11.4 Å². The summed E-state index contributed by atoms with van der Waals surface area (Å²) in [5.41, 5.74) is 0.357. The van der Waals surface area contributed by atoms with Crippen molar-refractivity contribution in [1.82, 2.24) is 5.32 Å². The molecule has 0 saturated carbocycles. The molecule has 0 fully saturated rings. The Kier molecular flexibility index (Phi) is 3.60. The summed E-state index contributed by atoms with van der Waals surface area (Å²) < 4.78 is 5.31. The molecule has 15 heavy (non-hydrogen) atoms. The third kappa shape index (κ3) is 3.09. The van der Waals surface area contributed by atoms with Gasteiger partial charge in [0.2, 0.25) is 0 Å². The van der Waals surface area contributed by atoms with E-state index in [4.69, 9.17) is 4.42 Å². The molecule has 0 aliphatic heterocycles. The van der Waals surface area contributed by atoms with Gasteiger partial charge in [0, 0.05) is 10.9 Å². The van der Waals surface area contributed by atoms with Crippen molar-refractivity contribution in [3.8, 4) is 0 Å². The fourth-order valence-electron chi connectivity index (χ4n) is 1.26. The number of carbonyl (C=O) groups is 1. The molecule has 0 spiro atoms. The number of alkyl halides is 1. The van der Waals surface area contributed by atoms with Gasteiger partial charge in [0.1, 0.15) is 11.5 Å². The zero-order valence-electron chi connectivity index (χ0n) is 9.48. The van der Waals surface area contributed by atoms with Crippen LogP contribution in [0.25, 0.3) is 0 Å². The second kappa shape index (κ2) is 4.39. The Morgan fingerprint density at radius 3 is 2.53 bits per heavy atom. The summed E-state index contributed by atoms with van der Waals surface area (Å²) in [5, 5.41) is 3.64. The van der Waals surface area contributed by atoms with Crippen molar-refractivity contribution in [1.29, 1.82) is 0 Å². The van der Waals surface area contributed by atoms with Gasteiger partial charge in [-0.1, -0.05) is 15.9 Å². The first-order valence-corrected chi connectivity index (χ1v) is 5.93. The minimum absolute atomic E-state index is 0.0891. The van der Waals surface area contributed by atoms with Crippen molar-refractivity contribution < 1.29 is 9.21 Å². The Bertz CT molecular complexity index is 369. The molecule has 0 radical (unpaired) electrons. The van der Waals surface area contributed by atoms with Crippen molar-refractivity contribution in [2.75, 3.05) is 5.33 Å². The summed E-state index contributed by atoms with van der Waals surface area (Å²) in [6.07, 6.45) is 0. The number of halogens is 1. The van der Waals surface area contributed by atoms with Gasteiger partial charge in [-0.05, 0) is 33.8 Å². The topological polar surface area (TPSA) is 42.2 Å². The molecule has 0 atom stereocenters. The number of rotatable bonds is 3. The lowest BCUT2D eigenvalue weighted by Crippen LogP contribution is -2.44. The Balaban J connectivity index is 2.82. The van der Waals surface area contributed by atoms with Gasteiger partial charge in [-0.2, -0.15) is 0 Å². The van der Waals surface area contributed by atoms with Crippen LogP contribution in [0, 0.1) is 13.8 Å². The van der Waals surface area contributed by atoms with Gasteiger partial charge in [-0.25, -0.2) is 0 Å². The van der Waals surface area contributed by atoms with E-state index < -0.39 is 0 Å². The molecule has 1 N–H and O–H groups in total. The van der Waals surface area contributed by atoms with Crippen LogP contribution in [-0.4, -0.2) is 16.8 Å². The van der Waals surface area contributed by atoms with Crippen molar-refractivity contribution >= 4 is 21.8 Å². The molecule has 0 bridgehead atoms. The molecule has 1 aromatic heterocycles. The summed E-state index contributed by atoms with van der Waals surface area (Å²) in [6, 6.07) is 1.76. The van der Waals surface area contributed by atoms with E-state index in [2.05, 4.69) is 21.2 Å². The van der Waals surface area contributed by atoms with Crippen LogP contribution >= 0.6 is 15.9 Å². The third-order valence-corrected chi connectivity index (χ3v) is 3.47. The highest BCUT2D eigenvalue weighted by Gasteiger charge is 2.22. The molecule has 84 valence electrons. The van der Waals surface area contributed by atoms with Gasteiger partial charge in [-0.3, -0.25) is 4.79 Å². The highest BCUT2D eigenvalue weighted by molar-refractivity contribution is 9.09. The molecule has 4 heteroatoms. The van der Waals surface area contributed by atoms with E-state index in [1.807, 2.05) is 20.8 Å². The monoisotopic (exact) mass is 273 g/mol. The normalized spacial score (nSPS) is 11.5. The molecule has 0 aromatic carbocycles. The highest BCUT2D eigenvalue weighted by Crippen LogP contribution is 2.15. The van der Waals surface area contributed by atoms with Gasteiger partial charge in [0.25, 0.3) is 5.91 Å². The predicted molar refractivity (Wildman–Crippen MR) is 63.5 cm³/mol. The maximum Gasteiger partial charge on any atom is 0.255 e. The Hall–Kier alpha value is -0.770. The maximum atomic E-state index is 11.9. The molecule has 0 aliphatic rings. The van der Waals surface area contributed by atoms with Crippen LogP contribution in [0.2, 0.25) is 0 Å². The average Bonchev–Trinajstić information content (AvgIpc) is 2.45. The molecule has 0 aliphatic carbocycles. The maximum absolute atomic E-state index is 11.9. The van der Waals surface area contributed by atoms with Crippen LogP contribution in [0.1, 0.15) is 35.7 Å². The highest BCUT2D eigenvalue weighted by atomic mass is 79.9. The van der Waals surface area contributed by atoms with Gasteiger partial charge in [0.05, 0.1) is 5.56 Å². The number of carbonyl (C=O) groups excluding carboxylic acids is 1. The van der Waals surface area contributed by atoms with Crippen LogP contribution in [0.3, 0.4) is 0 Å². The lowest BCUT2D eigenvalue weighted by Gasteiger charge is -2.23. The molecule has 1 heterocycles. The fraction of sp³-hybridized carbons (Fsp3) is 0.545. The van der Waals surface area contributed by atoms with Crippen molar-refractivity contribution in [2.45, 2.75) is 33.2 Å². The van der Waals surface area contributed by atoms with Crippen molar-refractivity contribution in [3.05, 3.63) is 23.2 Å². The second-order valence-electron chi connectivity index (χ2n) is 4.30. The zero-order chi connectivity index (χ0) is 11.6. The largest absolute Gasteiger partial charge is 0.466 e. The minimum atomic E-state index is -0.255. The fourth-order valence-corrected chi connectivity index (χ4v) is 1.40. The molecule has 0 unspecified atom stereocenters. The second-order valence-corrected chi connectivity index (χ2v) is 4.86. The number of aryl methyl sites for hydroxylation is 2. The molecule has 3 nitrogen and oxygen atoms in total. The number of nitrogens with one attached hydrogen (secondary N) is 1. The molecule has 1 aromatic rings. The first-order chi connectivity index (χ1) is 6.85. The molecular weight excluding hydrogens is 258 g/mol. The van der Waals surface area contributed by atoms with E-state index in [1.165, 1.54) is 0 Å². The van der Waals surface area contributed by atoms with Crippen LogP contribution in [0.5, 0.6) is 0 Å². The Labute approximate surface area is 98.4 Å². The lowest BCUT2D eigenvalue weighted by molar-refractivity contribution is 0.0920. The van der Waals surface area contributed by atoms with Crippen molar-refractivity contribution in [3.63, 3.8) is 0 Å². The minimum Gasteiger partial charge on any atom is -0.466 e. The Morgan fingerprint density at radius 1 is 1.53 bits per heavy atom. The van der Waals surface area contributed by atoms with E-state index in [1.54, 1.807) is 13.0 Å². The third-order valence-electron chi connectivity index (χ3n) is 2.07. The lowest BCUT2D eigenvalue weighted by atomic mass is 10.1. The summed E-state index contributed by atoms with van der Waals surface area (Å²) in [5.74, 6) is 1.33. The molecule has 0 saturated heterocycles. The number of hydrogen-bond acceptors (Lipinski definition) is 2. The number of amides is 1. The van der Waals surface area contributed by atoms with Gasteiger partial charge in [-0.15, -0.1) is 0 Å². The zero-order valence-corrected chi connectivity index (χ0v) is 11.1. The number of hydrogen-bond donors (Lipinski definition) is 1. The first kappa shape index (κ1) is 12.3. The number of furan rings is 1. The van der Waals surface area contributed by atoms with Crippen LogP contribution in [-0.2, 0) is 0 Å². The van der Waals surface area contributed by atoms with E-state index in [0.717, 1.165) is 5.76 Å². The quantitative estimate of drug-likeness (QED) is 0.861. The van der Waals surface area contributed by atoms with Crippen LogP contribution in [0.4, 0.5) is 0 Å². The SMILES string of the molecule is Cc1cc(C(=O)NC(C)(C)CBr)c(C)o1. The van der Waals surface area contributed by atoms with Gasteiger partial charge in [0.15, 0.2) is 0 Å². The molecule has 1 rings (SSSR count). The van der Waals surface area contributed by atoms with Crippen LogP contribution < -0.4 is 5.32 Å². The summed E-state index contributed by atoms with van der Waals surface area (Å²) in [6.45, 7) is 7.55. The smallest absolute Gasteiger partial charge is 0.255 e. The summed E-state index contributed by atoms with van der Waals surface area (Å²) in [7, 11) is 0. The van der Waals surface area contributed by atoms with Crippen LogP contribution in [0.15, 0.2) is 10.5 Å². The summed E-state index contributed by atoms with van der Waals surface area (Å²) >= 11 is 3.36. The molecule has 1 amide bonds. The average molecular weight is 274 g/mol. The van der Waals surface area contributed by atoms with E-state index in [9.17, 15) is 4.79 Å². The van der Waals surface area contributed by atoms with Gasteiger partial charge >= 0.3 is 0 Å². The first-order valence-electron chi connectivity index (χ1n) is 4.81.